The van der Waals surface area contributed by atoms with Gasteiger partial charge in [-0.1, -0.05) is 25.0 Å². The smallest absolute Gasteiger partial charge is 0.253 e. The molecule has 0 spiro atoms. The minimum Gasteiger partial charge on any atom is -0.383 e. The van der Waals surface area contributed by atoms with E-state index in [9.17, 15) is 4.79 Å². The molecule has 30 heavy (non-hydrogen) atoms. The van der Waals surface area contributed by atoms with Crippen LogP contribution in [-0.2, 0) is 11.3 Å². The number of likely N-dealkylation sites (tertiary alicyclic amines) is 1. The van der Waals surface area contributed by atoms with E-state index in [-0.39, 0.29) is 11.6 Å². The number of aromatic nitrogens is 5. The van der Waals surface area contributed by atoms with E-state index in [0.29, 0.717) is 24.5 Å². The van der Waals surface area contributed by atoms with Crippen molar-refractivity contribution in [3.63, 3.8) is 0 Å². The van der Waals surface area contributed by atoms with E-state index < -0.39 is 0 Å². The fourth-order valence-electron chi connectivity index (χ4n) is 4.39. The maximum atomic E-state index is 13.3. The first-order valence-corrected chi connectivity index (χ1v) is 10.7. The van der Waals surface area contributed by atoms with Gasteiger partial charge in [0.15, 0.2) is 5.82 Å². The van der Waals surface area contributed by atoms with Crippen molar-refractivity contribution in [2.24, 2.45) is 0 Å². The summed E-state index contributed by atoms with van der Waals surface area (Å²) in [5.74, 6) is 0.698. The molecule has 1 aliphatic rings. The molecular formula is C22H30N6O2. The number of hydrogen-bond acceptors (Lipinski definition) is 6. The standard InChI is InChI=1S/C22H30N6O2/c1-15-8-9-16(2)19-17(15)14-18(22(29)23-19)20(27-10-6-4-5-7-11-27)21-24-25-26-28(21)12-13-30-3/h8-9,14,20H,4-7,10-13H2,1-3H3,(H,23,29)/t20-/m1/s1. The minimum atomic E-state index is -0.289. The number of tetrazole rings is 1. The lowest BCUT2D eigenvalue weighted by Crippen LogP contribution is -2.36. The highest BCUT2D eigenvalue weighted by Crippen LogP contribution is 2.30. The first-order chi connectivity index (χ1) is 14.6. The molecule has 8 heteroatoms. The second-order valence-corrected chi connectivity index (χ2v) is 8.15. The van der Waals surface area contributed by atoms with Crippen molar-refractivity contribution in [2.75, 3.05) is 26.8 Å². The van der Waals surface area contributed by atoms with Gasteiger partial charge in [0.05, 0.1) is 18.7 Å². The second kappa shape index (κ2) is 9.06. The molecule has 160 valence electrons. The van der Waals surface area contributed by atoms with Gasteiger partial charge in [0.2, 0.25) is 0 Å². The molecule has 0 amide bonds. The summed E-state index contributed by atoms with van der Waals surface area (Å²) in [7, 11) is 1.66. The van der Waals surface area contributed by atoms with E-state index in [1.54, 1.807) is 11.8 Å². The molecule has 4 rings (SSSR count). The highest BCUT2D eigenvalue weighted by molar-refractivity contribution is 5.85. The second-order valence-electron chi connectivity index (χ2n) is 8.15. The summed E-state index contributed by atoms with van der Waals surface area (Å²) in [6.45, 7) is 7.00. The highest BCUT2D eigenvalue weighted by Gasteiger charge is 2.31. The number of H-pyrrole nitrogens is 1. The summed E-state index contributed by atoms with van der Waals surface area (Å²) in [4.78, 5) is 18.8. The van der Waals surface area contributed by atoms with E-state index in [1.165, 1.54) is 12.8 Å². The number of fused-ring (bicyclic) bond motifs is 1. The fourth-order valence-corrected chi connectivity index (χ4v) is 4.39. The molecule has 3 heterocycles. The van der Waals surface area contributed by atoms with Crippen LogP contribution in [0, 0.1) is 13.8 Å². The molecule has 0 saturated carbocycles. The van der Waals surface area contributed by atoms with E-state index in [1.807, 2.05) is 19.1 Å². The zero-order valence-electron chi connectivity index (χ0n) is 18.0. The third kappa shape index (κ3) is 4.02. The topological polar surface area (TPSA) is 88.9 Å². The molecule has 1 N–H and O–H groups in total. The number of aromatic amines is 1. The largest absolute Gasteiger partial charge is 0.383 e. The number of ether oxygens (including phenoxy) is 1. The Labute approximate surface area is 176 Å². The van der Waals surface area contributed by atoms with Gasteiger partial charge in [-0.05, 0) is 67.4 Å². The predicted molar refractivity (Wildman–Crippen MR) is 116 cm³/mol. The first kappa shape index (κ1) is 20.7. The number of methoxy groups -OCH3 is 1. The Morgan fingerprint density at radius 3 is 2.60 bits per heavy atom. The molecule has 1 fully saturated rings. The van der Waals surface area contributed by atoms with Gasteiger partial charge in [0, 0.05) is 18.1 Å². The summed E-state index contributed by atoms with van der Waals surface area (Å²) in [6.07, 6.45) is 4.65. The zero-order valence-corrected chi connectivity index (χ0v) is 18.0. The van der Waals surface area contributed by atoms with Crippen LogP contribution in [0.15, 0.2) is 23.0 Å². The summed E-state index contributed by atoms with van der Waals surface area (Å²) in [5.41, 5.74) is 3.73. The number of benzene rings is 1. The first-order valence-electron chi connectivity index (χ1n) is 10.7. The van der Waals surface area contributed by atoms with E-state index >= 15 is 0 Å². The maximum absolute atomic E-state index is 13.3. The van der Waals surface area contributed by atoms with Gasteiger partial charge in [-0.3, -0.25) is 9.69 Å². The lowest BCUT2D eigenvalue weighted by molar-refractivity contribution is 0.175. The SMILES string of the molecule is COCCn1nnnc1[C@@H](c1cc2c(C)ccc(C)c2[nH]c1=O)N1CCCCCC1. The van der Waals surface area contributed by atoms with Crippen molar-refractivity contribution in [3.8, 4) is 0 Å². The number of rotatable bonds is 6. The lowest BCUT2D eigenvalue weighted by Gasteiger charge is -2.29. The molecule has 1 saturated heterocycles. The molecule has 1 aliphatic heterocycles. The number of pyridine rings is 1. The molecule has 0 unspecified atom stereocenters. The molecule has 0 bridgehead atoms. The van der Waals surface area contributed by atoms with Crippen LogP contribution in [0.5, 0.6) is 0 Å². The molecule has 3 aromatic rings. The van der Waals surface area contributed by atoms with Crippen LogP contribution in [0.2, 0.25) is 0 Å². The number of hydrogen-bond donors (Lipinski definition) is 1. The van der Waals surface area contributed by atoms with Crippen molar-refractivity contribution in [1.29, 1.82) is 0 Å². The Kier molecular flexibility index (Phi) is 6.24. The van der Waals surface area contributed by atoms with Crippen LogP contribution < -0.4 is 5.56 Å². The molecule has 8 nitrogen and oxygen atoms in total. The minimum absolute atomic E-state index is 0.0771. The van der Waals surface area contributed by atoms with E-state index in [4.69, 9.17) is 4.74 Å². The van der Waals surface area contributed by atoms with Crippen molar-refractivity contribution < 1.29 is 4.74 Å². The summed E-state index contributed by atoms with van der Waals surface area (Å²) >= 11 is 0. The maximum Gasteiger partial charge on any atom is 0.253 e. The monoisotopic (exact) mass is 410 g/mol. The summed E-state index contributed by atoms with van der Waals surface area (Å²) in [6, 6.07) is 5.90. The fraction of sp³-hybridized carbons (Fsp3) is 0.545. The van der Waals surface area contributed by atoms with Gasteiger partial charge < -0.3 is 9.72 Å². The highest BCUT2D eigenvalue weighted by atomic mass is 16.5. The Balaban J connectivity index is 1.88. The average Bonchev–Trinajstić information content (AvgIpc) is 3.03. The molecule has 0 aliphatic carbocycles. The lowest BCUT2D eigenvalue weighted by atomic mass is 9.99. The number of nitrogens with one attached hydrogen (secondary N) is 1. The molecule has 1 atom stereocenters. The van der Waals surface area contributed by atoms with Crippen LogP contribution >= 0.6 is 0 Å². The van der Waals surface area contributed by atoms with Crippen LogP contribution in [0.4, 0.5) is 0 Å². The third-order valence-corrected chi connectivity index (χ3v) is 6.08. The van der Waals surface area contributed by atoms with E-state index in [0.717, 1.165) is 48.0 Å². The van der Waals surface area contributed by atoms with Gasteiger partial charge >= 0.3 is 0 Å². The quantitative estimate of drug-likeness (QED) is 0.672. The van der Waals surface area contributed by atoms with Gasteiger partial charge in [0.1, 0.15) is 6.04 Å². The molecular weight excluding hydrogens is 380 g/mol. The molecule has 2 aromatic heterocycles. The van der Waals surface area contributed by atoms with Gasteiger partial charge in [-0.2, -0.15) is 0 Å². The molecule has 0 radical (unpaired) electrons. The number of nitrogens with zero attached hydrogens (tertiary/aromatic N) is 5. The summed E-state index contributed by atoms with van der Waals surface area (Å²) in [5, 5.41) is 13.5. The van der Waals surface area contributed by atoms with Crippen molar-refractivity contribution in [3.05, 3.63) is 51.1 Å². The Bertz CT molecular complexity index is 1070. The Hall–Kier alpha value is -2.58. The van der Waals surface area contributed by atoms with Gasteiger partial charge in [-0.25, -0.2) is 4.68 Å². The van der Waals surface area contributed by atoms with Crippen LogP contribution in [0.1, 0.15) is 54.2 Å². The van der Waals surface area contributed by atoms with Crippen LogP contribution in [-0.4, -0.2) is 56.9 Å². The average molecular weight is 411 g/mol. The normalized spacial score (nSPS) is 16.6. The third-order valence-electron chi connectivity index (χ3n) is 6.08. The number of aryl methyl sites for hydroxylation is 2. The van der Waals surface area contributed by atoms with Gasteiger partial charge in [-0.15, -0.1) is 5.10 Å². The Morgan fingerprint density at radius 1 is 1.13 bits per heavy atom. The van der Waals surface area contributed by atoms with Crippen molar-refractivity contribution >= 4 is 10.9 Å². The van der Waals surface area contributed by atoms with Crippen LogP contribution in [0.3, 0.4) is 0 Å². The van der Waals surface area contributed by atoms with Crippen molar-refractivity contribution in [1.82, 2.24) is 30.1 Å². The van der Waals surface area contributed by atoms with E-state index in [2.05, 4.69) is 38.4 Å². The zero-order chi connectivity index (χ0) is 21.1. The molecule has 1 aromatic carbocycles. The summed E-state index contributed by atoms with van der Waals surface area (Å²) < 4.78 is 7.00. The van der Waals surface area contributed by atoms with Crippen molar-refractivity contribution in [2.45, 2.75) is 52.1 Å². The van der Waals surface area contributed by atoms with Crippen LogP contribution in [0.25, 0.3) is 10.9 Å². The predicted octanol–water partition coefficient (Wildman–Crippen LogP) is 2.74. The Morgan fingerprint density at radius 2 is 1.87 bits per heavy atom. The van der Waals surface area contributed by atoms with Gasteiger partial charge in [0.25, 0.3) is 5.56 Å².